The van der Waals surface area contributed by atoms with Gasteiger partial charge in [0.15, 0.2) is 0 Å². The number of benzene rings is 5. The van der Waals surface area contributed by atoms with Crippen LogP contribution in [0.15, 0.2) is 109 Å². The minimum Gasteiger partial charge on any atom is -0.478 e. The molecule has 6 nitrogen and oxygen atoms in total. The van der Waals surface area contributed by atoms with Crippen molar-refractivity contribution < 1.29 is 19.8 Å². The summed E-state index contributed by atoms with van der Waals surface area (Å²) in [5, 5.41) is 24.7. The summed E-state index contributed by atoms with van der Waals surface area (Å²) < 4.78 is 3.69. The predicted molar refractivity (Wildman–Crippen MR) is 149 cm³/mol. The van der Waals surface area contributed by atoms with Crippen molar-refractivity contribution >= 4 is 55.6 Å². The molecule has 0 saturated carbocycles. The largest absolute Gasteiger partial charge is 0.478 e. The van der Waals surface area contributed by atoms with Gasteiger partial charge in [-0.2, -0.15) is 0 Å². The lowest BCUT2D eigenvalue weighted by atomic mass is 10.0. The maximum absolute atomic E-state index is 12.7. The number of rotatable bonds is 4. The standard InChI is InChI=1S/C32H20N2O4/c35-31(36)23-18-30(34-27-15-7-3-11-21(27)22-12-4-8-16-28(22)34)24(32(37)38)17-29(23)33-25-13-5-1-9-19(25)20-10-2-6-14-26(20)33/h1-18H,(H,35,36)(H,37,38). The average Bonchev–Trinajstić information content (AvgIpc) is 3.45. The van der Waals surface area contributed by atoms with Gasteiger partial charge in [-0.1, -0.05) is 72.8 Å². The molecule has 2 N–H and O–H groups in total. The summed E-state index contributed by atoms with van der Waals surface area (Å²) in [5.41, 5.74) is 3.84. The highest BCUT2D eigenvalue weighted by molar-refractivity contribution is 6.12. The van der Waals surface area contributed by atoms with Crippen LogP contribution in [0.25, 0.3) is 55.0 Å². The molecule has 2 heterocycles. The van der Waals surface area contributed by atoms with E-state index in [1.165, 1.54) is 12.1 Å². The molecule has 0 atom stereocenters. The first-order valence-corrected chi connectivity index (χ1v) is 12.2. The molecule has 0 aliphatic rings. The van der Waals surface area contributed by atoms with Crippen molar-refractivity contribution in [3.05, 3.63) is 120 Å². The van der Waals surface area contributed by atoms with Crippen LogP contribution in [0.3, 0.4) is 0 Å². The van der Waals surface area contributed by atoms with Crippen molar-refractivity contribution in [2.45, 2.75) is 0 Å². The van der Waals surface area contributed by atoms with Crippen LogP contribution in [0.5, 0.6) is 0 Å². The van der Waals surface area contributed by atoms with E-state index in [1.54, 1.807) is 0 Å². The molecular formula is C32H20N2O4. The summed E-state index contributed by atoms with van der Waals surface area (Å²) >= 11 is 0. The third kappa shape index (κ3) is 3.01. The minimum absolute atomic E-state index is 0.0124. The Labute approximate surface area is 216 Å². The monoisotopic (exact) mass is 496 g/mol. The van der Waals surface area contributed by atoms with Gasteiger partial charge in [-0.3, -0.25) is 0 Å². The molecule has 0 fully saturated rings. The fourth-order valence-corrected chi connectivity index (χ4v) is 5.65. The van der Waals surface area contributed by atoms with Crippen molar-refractivity contribution in [2.24, 2.45) is 0 Å². The lowest BCUT2D eigenvalue weighted by Crippen LogP contribution is -2.12. The Morgan fingerprint density at radius 3 is 0.974 bits per heavy atom. The smallest absolute Gasteiger partial charge is 0.337 e. The average molecular weight is 497 g/mol. The zero-order valence-electron chi connectivity index (χ0n) is 20.0. The summed E-state index contributed by atoms with van der Waals surface area (Å²) in [6.45, 7) is 0. The van der Waals surface area contributed by atoms with E-state index in [2.05, 4.69) is 0 Å². The first kappa shape index (κ1) is 21.9. The molecule has 182 valence electrons. The molecule has 0 aliphatic heterocycles. The quantitative estimate of drug-likeness (QED) is 0.268. The summed E-state index contributed by atoms with van der Waals surface area (Å²) in [6.07, 6.45) is 0. The molecule has 5 aromatic carbocycles. The molecule has 0 amide bonds. The number of carboxylic acids is 2. The maximum Gasteiger partial charge on any atom is 0.337 e. The highest BCUT2D eigenvalue weighted by Gasteiger charge is 2.25. The van der Waals surface area contributed by atoms with Crippen LogP contribution in [-0.2, 0) is 0 Å². The molecule has 0 saturated heterocycles. The van der Waals surface area contributed by atoms with E-state index in [4.69, 9.17) is 0 Å². The molecule has 0 unspecified atom stereocenters. The van der Waals surface area contributed by atoms with E-state index in [1.807, 2.05) is 106 Å². The zero-order chi connectivity index (χ0) is 26.0. The molecule has 2 aromatic heterocycles. The van der Waals surface area contributed by atoms with Crippen LogP contribution in [0.1, 0.15) is 20.7 Å². The Hall–Kier alpha value is -5.36. The van der Waals surface area contributed by atoms with E-state index >= 15 is 0 Å². The number of para-hydroxylation sites is 4. The molecule has 6 heteroatoms. The fraction of sp³-hybridized carbons (Fsp3) is 0. The van der Waals surface area contributed by atoms with E-state index < -0.39 is 11.9 Å². The summed E-state index contributed by atoms with van der Waals surface area (Å²) in [6, 6.07) is 33.9. The van der Waals surface area contributed by atoms with Crippen LogP contribution in [-0.4, -0.2) is 31.3 Å². The molecule has 0 aliphatic carbocycles. The number of hydrogen-bond acceptors (Lipinski definition) is 2. The van der Waals surface area contributed by atoms with Gasteiger partial charge in [-0.05, 0) is 36.4 Å². The van der Waals surface area contributed by atoms with E-state index in [0.29, 0.717) is 11.4 Å². The van der Waals surface area contributed by atoms with Crippen molar-refractivity contribution in [2.75, 3.05) is 0 Å². The number of fused-ring (bicyclic) bond motifs is 6. The minimum atomic E-state index is -1.14. The highest BCUT2D eigenvalue weighted by Crippen LogP contribution is 2.37. The van der Waals surface area contributed by atoms with Gasteiger partial charge >= 0.3 is 11.9 Å². The van der Waals surface area contributed by atoms with Gasteiger partial charge in [0.25, 0.3) is 0 Å². The summed E-state index contributed by atoms with van der Waals surface area (Å²) in [7, 11) is 0. The van der Waals surface area contributed by atoms with Gasteiger partial charge in [0, 0.05) is 21.5 Å². The van der Waals surface area contributed by atoms with Gasteiger partial charge < -0.3 is 19.3 Å². The summed E-state index contributed by atoms with van der Waals surface area (Å²) in [5.74, 6) is -2.28. The van der Waals surface area contributed by atoms with Crippen molar-refractivity contribution in [3.8, 4) is 11.4 Å². The van der Waals surface area contributed by atoms with Crippen molar-refractivity contribution in [1.82, 2.24) is 9.13 Å². The first-order chi connectivity index (χ1) is 18.5. The Bertz CT molecular complexity index is 1840. The topological polar surface area (TPSA) is 84.5 Å². The normalized spacial score (nSPS) is 11.6. The Morgan fingerprint density at radius 2 is 0.711 bits per heavy atom. The molecule has 38 heavy (non-hydrogen) atoms. The maximum atomic E-state index is 12.7. The molecule has 0 radical (unpaired) electrons. The van der Waals surface area contributed by atoms with E-state index in [-0.39, 0.29) is 11.1 Å². The Balaban J connectivity index is 1.63. The van der Waals surface area contributed by atoms with Gasteiger partial charge in [0.05, 0.1) is 44.6 Å². The van der Waals surface area contributed by atoms with Crippen LogP contribution in [0, 0.1) is 0 Å². The van der Waals surface area contributed by atoms with Gasteiger partial charge in [-0.25, -0.2) is 9.59 Å². The lowest BCUT2D eigenvalue weighted by molar-refractivity contribution is 0.0681. The van der Waals surface area contributed by atoms with Crippen LogP contribution in [0.2, 0.25) is 0 Å². The first-order valence-electron chi connectivity index (χ1n) is 12.2. The number of hydrogen-bond donors (Lipinski definition) is 2. The van der Waals surface area contributed by atoms with Crippen molar-refractivity contribution in [3.63, 3.8) is 0 Å². The number of carbonyl (C=O) groups is 2. The second-order valence-electron chi connectivity index (χ2n) is 9.24. The van der Waals surface area contributed by atoms with Gasteiger partial charge in [-0.15, -0.1) is 0 Å². The number of aromatic nitrogens is 2. The lowest BCUT2D eigenvalue weighted by Gasteiger charge is -2.17. The van der Waals surface area contributed by atoms with Gasteiger partial charge in [0.2, 0.25) is 0 Å². The van der Waals surface area contributed by atoms with Crippen molar-refractivity contribution in [1.29, 1.82) is 0 Å². The molecule has 0 bridgehead atoms. The number of carboxylic acid groups (broad SMARTS) is 2. The van der Waals surface area contributed by atoms with Gasteiger partial charge in [0.1, 0.15) is 0 Å². The molecule has 7 aromatic rings. The van der Waals surface area contributed by atoms with Crippen LogP contribution < -0.4 is 0 Å². The third-order valence-electron chi connectivity index (χ3n) is 7.22. The molecular weight excluding hydrogens is 476 g/mol. The number of nitrogens with zero attached hydrogens (tertiary/aromatic N) is 2. The highest BCUT2D eigenvalue weighted by atomic mass is 16.4. The van der Waals surface area contributed by atoms with E-state index in [0.717, 1.165) is 43.6 Å². The molecule has 0 spiro atoms. The predicted octanol–water partition coefficient (Wildman–Crippen LogP) is 7.28. The van der Waals surface area contributed by atoms with Crippen LogP contribution in [0.4, 0.5) is 0 Å². The zero-order valence-corrected chi connectivity index (χ0v) is 20.0. The van der Waals surface area contributed by atoms with Crippen LogP contribution >= 0.6 is 0 Å². The fourth-order valence-electron chi connectivity index (χ4n) is 5.65. The van der Waals surface area contributed by atoms with E-state index in [9.17, 15) is 19.8 Å². The third-order valence-corrected chi connectivity index (χ3v) is 7.22. The molecule has 7 rings (SSSR count). The summed E-state index contributed by atoms with van der Waals surface area (Å²) in [4.78, 5) is 25.5. The SMILES string of the molecule is O=C(O)c1cc(-n2c3ccccc3c3ccccc32)c(C(=O)O)cc1-n1c2ccccc2c2ccccc21. The number of aromatic carboxylic acids is 2. The second kappa shape index (κ2) is 8.08. The Morgan fingerprint density at radius 1 is 0.447 bits per heavy atom. The second-order valence-corrected chi connectivity index (χ2v) is 9.24. The Kier molecular flexibility index (Phi) is 4.65.